The number of nitrogens with one attached hydrogen (secondary N) is 2. The van der Waals surface area contributed by atoms with E-state index in [4.69, 9.17) is 9.05 Å². The Labute approximate surface area is 245 Å². The lowest BCUT2D eigenvalue weighted by Crippen LogP contribution is -2.39. The molecule has 0 aromatic heterocycles. The third-order valence-corrected chi connectivity index (χ3v) is 8.70. The lowest BCUT2D eigenvalue weighted by molar-refractivity contribution is -0.129. The molecule has 2 N–H and O–H groups in total. The van der Waals surface area contributed by atoms with Crippen molar-refractivity contribution in [3.05, 3.63) is 83.9 Å². The van der Waals surface area contributed by atoms with Crippen molar-refractivity contribution < 1.29 is 28.0 Å². The summed E-state index contributed by atoms with van der Waals surface area (Å²) in [5.74, 6) is -0.783. The fraction of sp³-hybridized carbons (Fsp3) is 0.258. The molecule has 10 nitrogen and oxygen atoms in total. The Hall–Kier alpha value is -4.24. The van der Waals surface area contributed by atoms with Crippen molar-refractivity contribution in [3.63, 3.8) is 0 Å². The highest BCUT2D eigenvalue weighted by Crippen LogP contribution is 2.48. The van der Waals surface area contributed by atoms with Gasteiger partial charge in [-0.15, -0.1) is 0 Å². The second-order valence-corrected chi connectivity index (χ2v) is 11.7. The minimum atomic E-state index is -3.60. The molecule has 1 heterocycles. The average molecular weight is 591 g/mol. The Balaban J connectivity index is 1.78. The molecule has 42 heavy (non-hydrogen) atoms. The summed E-state index contributed by atoms with van der Waals surface area (Å²) in [6.07, 6.45) is 0. The van der Waals surface area contributed by atoms with E-state index in [1.54, 1.807) is 70.4 Å². The number of hydrogen-bond acceptors (Lipinski definition) is 7. The van der Waals surface area contributed by atoms with Gasteiger partial charge in [0.2, 0.25) is 11.8 Å². The number of hydrogen-bond donors (Lipinski definition) is 2. The first-order chi connectivity index (χ1) is 20.1. The van der Waals surface area contributed by atoms with Gasteiger partial charge in [0.25, 0.3) is 5.91 Å². The monoisotopic (exact) mass is 590 g/mol. The second-order valence-electron chi connectivity index (χ2n) is 9.70. The van der Waals surface area contributed by atoms with Crippen LogP contribution in [0.3, 0.4) is 0 Å². The Morgan fingerprint density at radius 1 is 0.929 bits per heavy atom. The quantitative estimate of drug-likeness (QED) is 0.240. The van der Waals surface area contributed by atoms with E-state index in [0.717, 1.165) is 5.56 Å². The van der Waals surface area contributed by atoms with E-state index in [0.29, 0.717) is 39.2 Å². The maximum absolute atomic E-state index is 13.5. The maximum Gasteiger partial charge on any atom is 0.361 e. The van der Waals surface area contributed by atoms with Crippen LogP contribution >= 0.6 is 7.60 Å². The van der Waals surface area contributed by atoms with Crippen LogP contribution in [0.25, 0.3) is 11.3 Å². The molecule has 0 aliphatic carbocycles. The van der Waals surface area contributed by atoms with E-state index in [2.05, 4.69) is 10.6 Å². The van der Waals surface area contributed by atoms with Crippen molar-refractivity contribution in [1.29, 1.82) is 0 Å². The molecule has 3 aromatic carbocycles. The summed E-state index contributed by atoms with van der Waals surface area (Å²) in [7, 11) is -0.324. The molecule has 0 unspecified atom stereocenters. The predicted molar refractivity (Wildman–Crippen MR) is 166 cm³/mol. The number of likely N-dealkylation sites (N-methyl/N-ethyl adjacent to an activating group) is 1. The Morgan fingerprint density at radius 2 is 1.57 bits per heavy atom. The van der Waals surface area contributed by atoms with Gasteiger partial charge in [-0.25, -0.2) is 0 Å². The molecule has 1 aliphatic heterocycles. The fourth-order valence-corrected chi connectivity index (χ4v) is 6.11. The number of carbonyl (C=O) groups is 3. The first-order valence-electron chi connectivity index (χ1n) is 13.6. The van der Waals surface area contributed by atoms with Crippen molar-refractivity contribution in [2.24, 2.45) is 0 Å². The highest BCUT2D eigenvalue weighted by molar-refractivity contribution is 7.62. The van der Waals surface area contributed by atoms with Crippen LogP contribution in [-0.2, 0) is 28.0 Å². The Bertz CT molecular complexity index is 1540. The van der Waals surface area contributed by atoms with Crippen molar-refractivity contribution >= 4 is 59.0 Å². The fourth-order valence-electron chi connectivity index (χ4n) is 4.51. The summed E-state index contributed by atoms with van der Waals surface area (Å²) < 4.78 is 24.6. The van der Waals surface area contributed by atoms with E-state index in [1.165, 1.54) is 16.7 Å². The first kappa shape index (κ1) is 30.7. The van der Waals surface area contributed by atoms with Crippen LogP contribution in [0.15, 0.2) is 72.8 Å². The summed E-state index contributed by atoms with van der Waals surface area (Å²) in [6.45, 7) is 5.22. The Morgan fingerprint density at radius 3 is 2.14 bits per heavy atom. The van der Waals surface area contributed by atoms with Gasteiger partial charge >= 0.3 is 7.60 Å². The van der Waals surface area contributed by atoms with Gasteiger partial charge in [-0.3, -0.25) is 18.9 Å². The van der Waals surface area contributed by atoms with Crippen LogP contribution in [0.1, 0.15) is 31.9 Å². The zero-order chi connectivity index (χ0) is 30.4. The number of nitrogens with zero attached hydrogens (tertiary/aromatic N) is 2. The number of rotatable bonds is 11. The van der Waals surface area contributed by atoms with E-state index in [1.807, 2.05) is 30.3 Å². The van der Waals surface area contributed by atoms with Gasteiger partial charge < -0.3 is 29.5 Å². The van der Waals surface area contributed by atoms with Gasteiger partial charge in [-0.1, -0.05) is 30.3 Å². The van der Waals surface area contributed by atoms with Gasteiger partial charge in [0.05, 0.1) is 29.8 Å². The summed E-state index contributed by atoms with van der Waals surface area (Å²) in [5, 5.41) is 6.64. The molecule has 0 radical (unpaired) electrons. The number of amides is 3. The maximum atomic E-state index is 13.5. The van der Waals surface area contributed by atoms with E-state index >= 15 is 0 Å². The molecule has 11 heteroatoms. The molecule has 0 saturated heterocycles. The number of fused-ring (bicyclic) bond motifs is 1. The van der Waals surface area contributed by atoms with Crippen LogP contribution in [0, 0.1) is 0 Å². The summed E-state index contributed by atoms with van der Waals surface area (Å²) in [5.41, 5.74) is 4.00. The molecule has 220 valence electrons. The van der Waals surface area contributed by atoms with Crippen molar-refractivity contribution in [2.75, 3.05) is 49.4 Å². The average Bonchev–Trinajstić information content (AvgIpc) is 3.30. The molecule has 1 aliphatic rings. The first-order valence-corrected chi connectivity index (χ1v) is 15.1. The van der Waals surface area contributed by atoms with Crippen LogP contribution < -0.4 is 20.8 Å². The van der Waals surface area contributed by atoms with Crippen molar-refractivity contribution in [3.8, 4) is 0 Å². The lowest BCUT2D eigenvalue weighted by atomic mass is 10.00. The largest absolute Gasteiger partial charge is 0.361 e. The molecular formula is C31H35N4O6P. The molecule has 3 aromatic rings. The topological polar surface area (TPSA) is 117 Å². The molecule has 0 atom stereocenters. The molecule has 0 spiro atoms. The minimum Gasteiger partial charge on any atom is -0.354 e. The number of anilines is 3. The molecule has 4 rings (SSSR count). The van der Waals surface area contributed by atoms with Crippen molar-refractivity contribution in [2.45, 2.75) is 20.8 Å². The van der Waals surface area contributed by atoms with Gasteiger partial charge in [0.15, 0.2) is 0 Å². The van der Waals surface area contributed by atoms with Gasteiger partial charge in [-0.05, 0) is 61.9 Å². The van der Waals surface area contributed by atoms with Crippen LogP contribution in [0.2, 0.25) is 0 Å². The standard InChI is InChI=1S/C31H35N4O6P/c1-6-40-42(39,41-7-2)25-17-18-27-26(19-25)29(31(38)33-27)30(22-11-9-8-10-12-22)32-23-13-15-24(16-14-23)35(21(3)36)20-28(37)34(4)5/h8-19,32H,6-7,20H2,1-5H3,(H,33,38)/b30-29-. The summed E-state index contributed by atoms with van der Waals surface area (Å²) >= 11 is 0. The van der Waals surface area contributed by atoms with Crippen LogP contribution in [0.4, 0.5) is 17.1 Å². The lowest BCUT2D eigenvalue weighted by Gasteiger charge is -2.23. The molecule has 0 saturated carbocycles. The Kier molecular flexibility index (Phi) is 9.63. The van der Waals surface area contributed by atoms with E-state index in [-0.39, 0.29) is 37.5 Å². The summed E-state index contributed by atoms with van der Waals surface area (Å²) in [4.78, 5) is 40.8. The summed E-state index contributed by atoms with van der Waals surface area (Å²) in [6, 6.07) is 21.4. The normalized spacial score (nSPS) is 13.7. The third kappa shape index (κ3) is 6.62. The smallest absolute Gasteiger partial charge is 0.354 e. The van der Waals surface area contributed by atoms with Gasteiger partial charge in [0, 0.05) is 43.6 Å². The van der Waals surface area contributed by atoms with E-state index < -0.39 is 7.60 Å². The third-order valence-electron chi connectivity index (χ3n) is 6.60. The highest BCUT2D eigenvalue weighted by atomic mass is 31.2. The van der Waals surface area contributed by atoms with Crippen molar-refractivity contribution in [1.82, 2.24) is 4.90 Å². The molecule has 0 bridgehead atoms. The molecule has 3 amide bonds. The number of benzene rings is 3. The van der Waals surface area contributed by atoms with E-state index in [9.17, 15) is 18.9 Å². The molecular weight excluding hydrogens is 555 g/mol. The second kappa shape index (κ2) is 13.2. The SMILES string of the molecule is CCOP(=O)(OCC)c1ccc2c(c1)/C(=C(/Nc1ccc(N(CC(=O)N(C)C)C(C)=O)cc1)c1ccccc1)C(=O)N2. The van der Waals surface area contributed by atoms with Crippen LogP contribution in [-0.4, -0.2) is 56.5 Å². The van der Waals surface area contributed by atoms with Crippen LogP contribution in [0.5, 0.6) is 0 Å². The van der Waals surface area contributed by atoms with Gasteiger partial charge in [0.1, 0.15) is 6.54 Å². The van der Waals surface area contributed by atoms with Gasteiger partial charge in [-0.2, -0.15) is 0 Å². The predicted octanol–water partition coefficient (Wildman–Crippen LogP) is 4.95. The minimum absolute atomic E-state index is 0.0823. The number of carbonyl (C=O) groups excluding carboxylic acids is 3. The highest BCUT2D eigenvalue weighted by Gasteiger charge is 2.33. The molecule has 0 fully saturated rings. The zero-order valence-electron chi connectivity index (χ0n) is 24.3. The zero-order valence-corrected chi connectivity index (χ0v) is 25.2.